The molecule has 4 heteroatoms. The molecule has 1 aromatic carbocycles. The second-order valence-corrected chi connectivity index (χ2v) is 5.48. The van der Waals surface area contributed by atoms with Crippen molar-refractivity contribution in [1.29, 1.82) is 0 Å². The molecule has 0 amide bonds. The fourth-order valence-corrected chi connectivity index (χ4v) is 2.85. The van der Waals surface area contributed by atoms with E-state index in [1.54, 1.807) is 0 Å². The topological polar surface area (TPSA) is 66.7 Å². The van der Waals surface area contributed by atoms with Crippen LogP contribution in [0.3, 0.4) is 0 Å². The lowest BCUT2D eigenvalue weighted by atomic mass is 9.80. The molecule has 0 aliphatic heterocycles. The fraction of sp³-hybridized carbons (Fsp3) is 0.500. The summed E-state index contributed by atoms with van der Waals surface area (Å²) in [6, 6.07) is 6.22. The molecule has 1 aliphatic rings. The van der Waals surface area contributed by atoms with Gasteiger partial charge in [0, 0.05) is 11.1 Å². The van der Waals surface area contributed by atoms with E-state index in [-0.39, 0.29) is 5.66 Å². The number of benzene rings is 1. The number of anilines is 1. The number of nitrogens with one attached hydrogen (secondary N) is 2. The standard InChI is InChI=1S/C14H20N4/c1-10-4-2-3-7-14(10,15)17-12-5-6-13-11(8-12)9-16-18-13/h5-6,8-10,17H,2-4,7,15H2,1H3,(H,16,18). The Hall–Kier alpha value is -1.55. The predicted molar refractivity (Wildman–Crippen MR) is 74.3 cm³/mol. The maximum atomic E-state index is 6.52. The lowest BCUT2D eigenvalue weighted by Gasteiger charge is -2.41. The Morgan fingerprint density at radius 2 is 2.33 bits per heavy atom. The summed E-state index contributed by atoms with van der Waals surface area (Å²) in [6.45, 7) is 2.24. The summed E-state index contributed by atoms with van der Waals surface area (Å²) in [5, 5.41) is 11.6. The molecule has 2 unspecified atom stereocenters. The Morgan fingerprint density at radius 1 is 1.44 bits per heavy atom. The normalized spacial score (nSPS) is 28.4. The Labute approximate surface area is 107 Å². The van der Waals surface area contributed by atoms with E-state index in [4.69, 9.17) is 5.73 Å². The highest BCUT2D eigenvalue weighted by molar-refractivity contribution is 5.81. The monoisotopic (exact) mass is 244 g/mol. The van der Waals surface area contributed by atoms with E-state index in [1.165, 1.54) is 19.3 Å². The van der Waals surface area contributed by atoms with Crippen LogP contribution in [0.2, 0.25) is 0 Å². The van der Waals surface area contributed by atoms with Crippen LogP contribution in [0.1, 0.15) is 32.6 Å². The number of H-pyrrole nitrogens is 1. The molecule has 1 heterocycles. The van der Waals surface area contributed by atoms with Gasteiger partial charge in [-0.2, -0.15) is 5.10 Å². The van der Waals surface area contributed by atoms with Crippen LogP contribution >= 0.6 is 0 Å². The molecule has 2 atom stereocenters. The molecule has 0 spiro atoms. The second kappa shape index (κ2) is 4.28. The first-order valence-electron chi connectivity index (χ1n) is 6.68. The summed E-state index contributed by atoms with van der Waals surface area (Å²) < 4.78 is 0. The Morgan fingerprint density at radius 3 is 3.17 bits per heavy atom. The van der Waals surface area contributed by atoms with E-state index in [9.17, 15) is 0 Å². The zero-order valence-electron chi connectivity index (χ0n) is 10.7. The molecule has 0 radical (unpaired) electrons. The number of fused-ring (bicyclic) bond motifs is 1. The van der Waals surface area contributed by atoms with Gasteiger partial charge in [-0.1, -0.05) is 13.3 Å². The third kappa shape index (κ3) is 1.97. The van der Waals surface area contributed by atoms with Crippen molar-refractivity contribution in [2.45, 2.75) is 38.3 Å². The van der Waals surface area contributed by atoms with E-state index < -0.39 is 0 Å². The molecular formula is C14H20N4. The van der Waals surface area contributed by atoms with Gasteiger partial charge in [0.1, 0.15) is 0 Å². The largest absolute Gasteiger partial charge is 0.367 e. The summed E-state index contributed by atoms with van der Waals surface area (Å²) in [4.78, 5) is 0. The van der Waals surface area contributed by atoms with Gasteiger partial charge in [0.2, 0.25) is 0 Å². The van der Waals surface area contributed by atoms with E-state index in [0.29, 0.717) is 5.92 Å². The predicted octanol–water partition coefficient (Wildman–Crippen LogP) is 2.84. The first-order chi connectivity index (χ1) is 8.67. The summed E-state index contributed by atoms with van der Waals surface area (Å²) in [7, 11) is 0. The number of aromatic amines is 1. The van der Waals surface area contributed by atoms with Crippen molar-refractivity contribution in [1.82, 2.24) is 10.2 Å². The molecule has 3 rings (SSSR count). The lowest BCUT2D eigenvalue weighted by Crippen LogP contribution is -2.54. The van der Waals surface area contributed by atoms with Gasteiger partial charge in [-0.25, -0.2) is 0 Å². The highest BCUT2D eigenvalue weighted by Crippen LogP contribution is 2.33. The molecule has 0 saturated heterocycles. The fourth-order valence-electron chi connectivity index (χ4n) is 2.85. The molecule has 1 aromatic heterocycles. The van der Waals surface area contributed by atoms with Crippen LogP contribution in [0.5, 0.6) is 0 Å². The number of nitrogens with two attached hydrogens (primary N) is 1. The summed E-state index contributed by atoms with van der Waals surface area (Å²) >= 11 is 0. The molecule has 0 bridgehead atoms. The average Bonchev–Trinajstić information content (AvgIpc) is 2.80. The molecule has 4 N–H and O–H groups in total. The lowest BCUT2D eigenvalue weighted by molar-refractivity contribution is 0.236. The van der Waals surface area contributed by atoms with Crippen LogP contribution in [-0.2, 0) is 0 Å². The van der Waals surface area contributed by atoms with Gasteiger partial charge in [-0.05, 0) is 43.4 Å². The number of rotatable bonds is 2. The minimum absolute atomic E-state index is 0.268. The van der Waals surface area contributed by atoms with Gasteiger partial charge in [0.15, 0.2) is 0 Å². The maximum Gasteiger partial charge on any atom is 0.0882 e. The van der Waals surface area contributed by atoms with Crippen LogP contribution in [0.25, 0.3) is 10.9 Å². The minimum atomic E-state index is -0.268. The molecular weight excluding hydrogens is 224 g/mol. The van der Waals surface area contributed by atoms with Gasteiger partial charge < -0.3 is 11.1 Å². The molecule has 1 aliphatic carbocycles. The Balaban J connectivity index is 1.86. The highest BCUT2D eigenvalue weighted by Gasteiger charge is 2.34. The van der Waals surface area contributed by atoms with Crippen molar-refractivity contribution < 1.29 is 0 Å². The summed E-state index contributed by atoms with van der Waals surface area (Å²) in [5.74, 6) is 0.506. The van der Waals surface area contributed by atoms with E-state index in [1.807, 2.05) is 12.3 Å². The van der Waals surface area contributed by atoms with Gasteiger partial charge in [-0.3, -0.25) is 5.10 Å². The summed E-state index contributed by atoms with van der Waals surface area (Å²) in [6.07, 6.45) is 6.59. The molecule has 96 valence electrons. The average molecular weight is 244 g/mol. The van der Waals surface area contributed by atoms with Gasteiger partial charge in [-0.15, -0.1) is 0 Å². The van der Waals surface area contributed by atoms with E-state index in [2.05, 4.69) is 34.6 Å². The number of nitrogens with zero attached hydrogens (tertiary/aromatic N) is 1. The number of hydrogen-bond donors (Lipinski definition) is 3. The van der Waals surface area contributed by atoms with E-state index >= 15 is 0 Å². The molecule has 18 heavy (non-hydrogen) atoms. The Kier molecular flexibility index (Phi) is 2.74. The van der Waals surface area contributed by atoms with E-state index in [0.717, 1.165) is 23.0 Å². The van der Waals surface area contributed by atoms with Crippen molar-refractivity contribution in [2.24, 2.45) is 11.7 Å². The third-order valence-corrected chi connectivity index (χ3v) is 4.17. The van der Waals surface area contributed by atoms with Crippen molar-refractivity contribution in [3.8, 4) is 0 Å². The van der Waals surface area contributed by atoms with Gasteiger partial charge in [0.25, 0.3) is 0 Å². The number of hydrogen-bond acceptors (Lipinski definition) is 3. The first kappa shape index (κ1) is 11.5. The van der Waals surface area contributed by atoms with Crippen molar-refractivity contribution in [3.63, 3.8) is 0 Å². The molecule has 2 aromatic rings. The zero-order valence-corrected chi connectivity index (χ0v) is 10.7. The maximum absolute atomic E-state index is 6.52. The zero-order chi connectivity index (χ0) is 12.6. The van der Waals surface area contributed by atoms with Gasteiger partial charge in [0.05, 0.1) is 17.4 Å². The van der Waals surface area contributed by atoms with Crippen LogP contribution < -0.4 is 11.1 Å². The summed E-state index contributed by atoms with van der Waals surface area (Å²) in [5.41, 5.74) is 8.39. The SMILES string of the molecule is CC1CCCCC1(N)Nc1ccc2[nH]ncc2c1. The number of aromatic nitrogens is 2. The minimum Gasteiger partial charge on any atom is -0.367 e. The Bertz CT molecular complexity index is 547. The van der Waals surface area contributed by atoms with Crippen LogP contribution in [0.15, 0.2) is 24.4 Å². The van der Waals surface area contributed by atoms with Crippen LogP contribution in [0, 0.1) is 5.92 Å². The highest BCUT2D eigenvalue weighted by atomic mass is 15.1. The van der Waals surface area contributed by atoms with Crippen LogP contribution in [0.4, 0.5) is 5.69 Å². The molecule has 1 saturated carbocycles. The van der Waals surface area contributed by atoms with Crippen molar-refractivity contribution in [3.05, 3.63) is 24.4 Å². The first-order valence-corrected chi connectivity index (χ1v) is 6.68. The smallest absolute Gasteiger partial charge is 0.0882 e. The van der Waals surface area contributed by atoms with Crippen molar-refractivity contribution in [2.75, 3.05) is 5.32 Å². The van der Waals surface area contributed by atoms with Crippen molar-refractivity contribution >= 4 is 16.6 Å². The van der Waals surface area contributed by atoms with Crippen LogP contribution in [-0.4, -0.2) is 15.9 Å². The quantitative estimate of drug-likeness (QED) is 0.712. The second-order valence-electron chi connectivity index (χ2n) is 5.48. The molecule has 4 nitrogen and oxygen atoms in total. The molecule has 1 fully saturated rings. The third-order valence-electron chi connectivity index (χ3n) is 4.17. The van der Waals surface area contributed by atoms with Gasteiger partial charge >= 0.3 is 0 Å².